The molecule has 0 aromatic heterocycles. The third-order valence-corrected chi connectivity index (χ3v) is 4.58. The zero-order valence-corrected chi connectivity index (χ0v) is 11.8. The third kappa shape index (κ3) is 3.56. The highest BCUT2D eigenvalue weighted by molar-refractivity contribution is 4.99. The van der Waals surface area contributed by atoms with Crippen molar-refractivity contribution in [2.45, 2.75) is 71.0 Å². The van der Waals surface area contributed by atoms with Gasteiger partial charge in [0.1, 0.15) is 0 Å². The van der Waals surface area contributed by atoms with Crippen LogP contribution >= 0.6 is 0 Å². The van der Waals surface area contributed by atoms with Crippen molar-refractivity contribution in [1.29, 1.82) is 0 Å². The second-order valence-corrected chi connectivity index (χ2v) is 6.85. The molecule has 2 N–H and O–H groups in total. The lowest BCUT2D eigenvalue weighted by Gasteiger charge is -2.48. The number of hydrogen-bond donors (Lipinski definition) is 2. The van der Waals surface area contributed by atoms with E-state index in [1.54, 1.807) is 13.0 Å². The predicted molar refractivity (Wildman–Crippen MR) is 71.8 cm³/mol. The molecule has 1 aliphatic carbocycles. The molecular weight excluding hydrogens is 212 g/mol. The molecule has 0 aliphatic heterocycles. The summed E-state index contributed by atoms with van der Waals surface area (Å²) in [5, 5.41) is 20.5. The molecule has 0 spiro atoms. The maximum atomic E-state index is 10.5. The second-order valence-electron chi connectivity index (χ2n) is 6.85. The second kappa shape index (κ2) is 4.74. The van der Waals surface area contributed by atoms with Crippen LogP contribution in [-0.4, -0.2) is 21.4 Å². The van der Waals surface area contributed by atoms with Crippen LogP contribution in [0.5, 0.6) is 0 Å². The van der Waals surface area contributed by atoms with Crippen molar-refractivity contribution in [2.24, 2.45) is 11.3 Å². The first-order valence-corrected chi connectivity index (χ1v) is 6.69. The summed E-state index contributed by atoms with van der Waals surface area (Å²) in [4.78, 5) is 0. The maximum Gasteiger partial charge on any atom is 0.0797 e. The molecule has 3 atom stereocenters. The van der Waals surface area contributed by atoms with Gasteiger partial charge in [-0.15, -0.1) is 6.58 Å². The van der Waals surface area contributed by atoms with E-state index >= 15 is 0 Å². The quantitative estimate of drug-likeness (QED) is 0.740. The summed E-state index contributed by atoms with van der Waals surface area (Å²) in [6, 6.07) is 0. The highest BCUT2D eigenvalue weighted by Gasteiger charge is 2.45. The van der Waals surface area contributed by atoms with E-state index in [2.05, 4.69) is 20.4 Å². The van der Waals surface area contributed by atoms with Crippen molar-refractivity contribution < 1.29 is 10.2 Å². The summed E-state index contributed by atoms with van der Waals surface area (Å²) in [6.07, 6.45) is 6.23. The largest absolute Gasteiger partial charge is 0.390 e. The zero-order valence-electron chi connectivity index (χ0n) is 11.8. The van der Waals surface area contributed by atoms with Gasteiger partial charge in [0.15, 0.2) is 0 Å². The molecule has 2 unspecified atom stereocenters. The van der Waals surface area contributed by atoms with E-state index in [9.17, 15) is 10.2 Å². The fraction of sp³-hybridized carbons (Fsp3) is 0.867. The number of aliphatic hydroxyl groups is 2. The summed E-state index contributed by atoms with van der Waals surface area (Å²) >= 11 is 0. The fourth-order valence-electron chi connectivity index (χ4n) is 3.33. The summed E-state index contributed by atoms with van der Waals surface area (Å²) in [6.45, 7) is 11.8. The van der Waals surface area contributed by atoms with Crippen molar-refractivity contribution in [3.8, 4) is 0 Å². The predicted octanol–water partition coefficient (Wildman–Crippen LogP) is 3.28. The van der Waals surface area contributed by atoms with Crippen LogP contribution in [0, 0.1) is 11.3 Å². The van der Waals surface area contributed by atoms with Gasteiger partial charge < -0.3 is 10.2 Å². The van der Waals surface area contributed by atoms with Crippen molar-refractivity contribution in [3.05, 3.63) is 12.7 Å². The molecule has 0 bridgehead atoms. The van der Waals surface area contributed by atoms with Gasteiger partial charge in [-0.2, -0.15) is 0 Å². The van der Waals surface area contributed by atoms with Gasteiger partial charge in [0, 0.05) is 0 Å². The minimum Gasteiger partial charge on any atom is -0.390 e. The Labute approximate surface area is 106 Å². The fourth-order valence-corrected chi connectivity index (χ4v) is 3.33. The van der Waals surface area contributed by atoms with Gasteiger partial charge in [-0.1, -0.05) is 26.3 Å². The number of hydrogen-bond acceptors (Lipinski definition) is 2. The lowest BCUT2D eigenvalue weighted by Crippen LogP contribution is -2.47. The van der Waals surface area contributed by atoms with E-state index in [4.69, 9.17) is 0 Å². The molecule has 0 aromatic rings. The average molecular weight is 240 g/mol. The number of rotatable bonds is 4. The summed E-state index contributed by atoms with van der Waals surface area (Å²) in [7, 11) is 0. The standard InChI is InChI=1S/C15H28O2/c1-6-14(4,16)11-8-12-13(2,3)9-7-10-15(12,5)17/h6,12,16-17H,1,7-11H2,2-5H3/t12?,14?,15-/m0/s1. The van der Waals surface area contributed by atoms with Gasteiger partial charge in [0.25, 0.3) is 0 Å². The maximum absolute atomic E-state index is 10.5. The molecule has 17 heavy (non-hydrogen) atoms. The summed E-state index contributed by atoms with van der Waals surface area (Å²) in [5.41, 5.74) is -1.26. The van der Waals surface area contributed by atoms with Gasteiger partial charge in [-0.25, -0.2) is 0 Å². The topological polar surface area (TPSA) is 40.5 Å². The summed E-state index contributed by atoms with van der Waals surface area (Å²) in [5.74, 6) is 0.246. The van der Waals surface area contributed by atoms with Gasteiger partial charge >= 0.3 is 0 Å². The van der Waals surface area contributed by atoms with E-state index in [1.807, 2.05) is 6.92 Å². The molecule has 1 aliphatic rings. The first kappa shape index (κ1) is 14.7. The Kier molecular flexibility index (Phi) is 4.10. The normalized spacial score (nSPS) is 36.2. The molecule has 1 saturated carbocycles. The van der Waals surface area contributed by atoms with Crippen LogP contribution in [-0.2, 0) is 0 Å². The van der Waals surface area contributed by atoms with Crippen LogP contribution in [0.15, 0.2) is 12.7 Å². The van der Waals surface area contributed by atoms with Crippen LogP contribution in [0.4, 0.5) is 0 Å². The lowest BCUT2D eigenvalue weighted by molar-refractivity contribution is -0.0974. The van der Waals surface area contributed by atoms with Gasteiger partial charge in [0.2, 0.25) is 0 Å². The summed E-state index contributed by atoms with van der Waals surface area (Å²) < 4.78 is 0. The van der Waals surface area contributed by atoms with Crippen molar-refractivity contribution >= 4 is 0 Å². The Morgan fingerprint density at radius 1 is 1.35 bits per heavy atom. The zero-order chi connectivity index (χ0) is 13.3. The van der Waals surface area contributed by atoms with Crippen LogP contribution in [0.2, 0.25) is 0 Å². The molecule has 0 aromatic carbocycles. The van der Waals surface area contributed by atoms with Crippen LogP contribution in [0.3, 0.4) is 0 Å². The monoisotopic (exact) mass is 240 g/mol. The van der Waals surface area contributed by atoms with Crippen LogP contribution < -0.4 is 0 Å². The molecule has 1 rings (SSSR count). The van der Waals surface area contributed by atoms with Crippen molar-refractivity contribution in [2.75, 3.05) is 0 Å². The Morgan fingerprint density at radius 3 is 2.41 bits per heavy atom. The first-order chi connectivity index (χ1) is 7.61. The van der Waals surface area contributed by atoms with Gasteiger partial charge in [0.05, 0.1) is 11.2 Å². The van der Waals surface area contributed by atoms with E-state index in [0.717, 1.165) is 25.7 Å². The van der Waals surface area contributed by atoms with Crippen LogP contribution in [0.25, 0.3) is 0 Å². The average Bonchev–Trinajstić information content (AvgIpc) is 2.14. The van der Waals surface area contributed by atoms with E-state index in [-0.39, 0.29) is 11.3 Å². The van der Waals surface area contributed by atoms with E-state index in [1.165, 1.54) is 0 Å². The Hall–Kier alpha value is -0.340. The Balaban J connectivity index is 2.74. The van der Waals surface area contributed by atoms with E-state index in [0.29, 0.717) is 6.42 Å². The minimum atomic E-state index is -0.816. The minimum absolute atomic E-state index is 0.152. The Morgan fingerprint density at radius 2 is 1.94 bits per heavy atom. The molecule has 0 radical (unpaired) electrons. The van der Waals surface area contributed by atoms with E-state index < -0.39 is 11.2 Å². The molecule has 0 heterocycles. The molecule has 1 fully saturated rings. The molecule has 0 amide bonds. The molecule has 2 nitrogen and oxygen atoms in total. The molecular formula is C15H28O2. The lowest BCUT2D eigenvalue weighted by atomic mass is 9.60. The van der Waals surface area contributed by atoms with Crippen LogP contribution in [0.1, 0.15) is 59.8 Å². The van der Waals surface area contributed by atoms with Crippen molar-refractivity contribution in [3.63, 3.8) is 0 Å². The van der Waals surface area contributed by atoms with Crippen molar-refractivity contribution in [1.82, 2.24) is 0 Å². The smallest absolute Gasteiger partial charge is 0.0797 e. The molecule has 2 heteroatoms. The molecule has 0 saturated heterocycles. The Bertz CT molecular complexity index is 261. The first-order valence-electron chi connectivity index (χ1n) is 6.69. The van der Waals surface area contributed by atoms with Gasteiger partial charge in [-0.3, -0.25) is 0 Å². The van der Waals surface area contributed by atoms with Gasteiger partial charge in [-0.05, 0) is 50.9 Å². The highest BCUT2D eigenvalue weighted by atomic mass is 16.3. The molecule has 100 valence electrons. The highest BCUT2D eigenvalue weighted by Crippen LogP contribution is 2.48. The third-order valence-electron chi connectivity index (χ3n) is 4.58. The SMILES string of the molecule is C=CC(C)(O)CCC1C(C)(C)CCC[C@]1(C)O.